The molecule has 0 unspecified atom stereocenters. The van der Waals surface area contributed by atoms with Gasteiger partial charge in [-0.3, -0.25) is 14.4 Å². The number of rotatable bonds is 4. The Morgan fingerprint density at radius 1 is 1.77 bits per heavy atom. The first-order valence-corrected chi connectivity index (χ1v) is 3.83. The van der Waals surface area contributed by atoms with Crippen molar-refractivity contribution in [3.8, 4) is 0 Å². The van der Waals surface area contributed by atoms with Crippen LogP contribution in [0.5, 0.6) is 0 Å². The Labute approximate surface area is 75.8 Å². The normalized spacial score (nSPS) is 10.7. The van der Waals surface area contributed by atoms with Crippen LogP contribution >= 0.6 is 0 Å². The molecule has 0 aliphatic heterocycles. The van der Waals surface area contributed by atoms with Gasteiger partial charge in [-0.05, 0) is 7.05 Å². The molecule has 72 valence electrons. The summed E-state index contributed by atoms with van der Waals surface area (Å²) in [6, 6.07) is 0. The number of hydrogen-bond donors (Lipinski definition) is 1. The van der Waals surface area contributed by atoms with Crippen LogP contribution in [0.25, 0.3) is 0 Å². The number of carboxylic acid groups (broad SMARTS) is 1. The van der Waals surface area contributed by atoms with E-state index >= 15 is 0 Å². The van der Waals surface area contributed by atoms with Crippen molar-refractivity contribution in [3.05, 3.63) is 12.2 Å². The summed E-state index contributed by atoms with van der Waals surface area (Å²) in [4.78, 5) is 16.0. The van der Waals surface area contributed by atoms with Crippen LogP contribution in [0.15, 0.2) is 6.33 Å². The quantitative estimate of drug-likeness (QED) is 0.672. The van der Waals surface area contributed by atoms with E-state index < -0.39 is 5.97 Å². The van der Waals surface area contributed by atoms with E-state index in [2.05, 4.69) is 10.1 Å². The molecule has 0 spiro atoms. The fraction of sp³-hybridized carbons (Fsp3) is 0.571. The lowest BCUT2D eigenvalue weighted by Gasteiger charge is -2.12. The number of aryl methyl sites for hydroxylation is 1. The lowest BCUT2D eigenvalue weighted by molar-refractivity contribution is -0.138. The molecule has 6 heteroatoms. The molecule has 0 amide bonds. The molecular formula is C7H12N4O2. The lowest BCUT2D eigenvalue weighted by Crippen LogP contribution is -2.26. The van der Waals surface area contributed by atoms with Gasteiger partial charge in [-0.1, -0.05) is 0 Å². The molecule has 13 heavy (non-hydrogen) atoms. The summed E-state index contributed by atoms with van der Waals surface area (Å²) in [6.45, 7) is 0.496. The van der Waals surface area contributed by atoms with E-state index in [9.17, 15) is 4.79 Å². The maximum Gasteiger partial charge on any atom is 0.317 e. The monoisotopic (exact) mass is 184 g/mol. The second-order valence-electron chi connectivity index (χ2n) is 2.87. The van der Waals surface area contributed by atoms with Crippen molar-refractivity contribution in [2.24, 2.45) is 7.05 Å². The number of nitrogens with zero attached hydrogens (tertiary/aromatic N) is 4. The first kappa shape index (κ1) is 9.66. The summed E-state index contributed by atoms with van der Waals surface area (Å²) in [5.74, 6) is -0.0894. The lowest BCUT2D eigenvalue weighted by atomic mass is 10.5. The predicted molar refractivity (Wildman–Crippen MR) is 45.0 cm³/mol. The molecule has 0 saturated heterocycles. The fourth-order valence-electron chi connectivity index (χ4n) is 0.992. The average Bonchev–Trinajstić information content (AvgIpc) is 2.34. The number of carboxylic acids is 1. The number of aromatic nitrogens is 3. The molecule has 6 nitrogen and oxygen atoms in total. The maximum atomic E-state index is 10.3. The number of likely N-dealkylation sites (N-methyl/N-ethyl adjacent to an activating group) is 1. The van der Waals surface area contributed by atoms with Crippen LogP contribution in [0.3, 0.4) is 0 Å². The first-order valence-electron chi connectivity index (χ1n) is 3.83. The summed E-state index contributed by atoms with van der Waals surface area (Å²) >= 11 is 0. The highest BCUT2D eigenvalue weighted by atomic mass is 16.4. The highest BCUT2D eigenvalue weighted by Crippen LogP contribution is 1.95. The molecule has 0 bridgehead atoms. The summed E-state index contributed by atoms with van der Waals surface area (Å²) in [7, 11) is 3.50. The molecular weight excluding hydrogens is 172 g/mol. The SMILES string of the molecule is CN(CC(=O)O)Cc1ncnn1C. The van der Waals surface area contributed by atoms with Gasteiger partial charge in [-0.2, -0.15) is 5.10 Å². The first-order chi connectivity index (χ1) is 6.09. The van der Waals surface area contributed by atoms with Crippen molar-refractivity contribution in [2.75, 3.05) is 13.6 Å². The zero-order valence-electron chi connectivity index (χ0n) is 7.64. The molecule has 0 aliphatic carbocycles. The zero-order chi connectivity index (χ0) is 9.84. The Balaban J connectivity index is 2.49. The fourth-order valence-corrected chi connectivity index (χ4v) is 0.992. The summed E-state index contributed by atoms with van der Waals surface area (Å²) in [5, 5.41) is 12.4. The van der Waals surface area contributed by atoms with E-state index in [1.165, 1.54) is 6.33 Å². The zero-order valence-corrected chi connectivity index (χ0v) is 7.64. The largest absolute Gasteiger partial charge is 0.480 e. The number of carbonyl (C=O) groups is 1. The third-order valence-electron chi connectivity index (χ3n) is 1.62. The van der Waals surface area contributed by atoms with Crippen LogP contribution < -0.4 is 0 Å². The van der Waals surface area contributed by atoms with Gasteiger partial charge in [0.15, 0.2) is 0 Å². The highest BCUT2D eigenvalue weighted by molar-refractivity contribution is 5.68. The van der Waals surface area contributed by atoms with E-state index in [4.69, 9.17) is 5.11 Å². The van der Waals surface area contributed by atoms with Crippen molar-refractivity contribution < 1.29 is 9.90 Å². The molecule has 0 aliphatic rings. The van der Waals surface area contributed by atoms with Crippen LogP contribution in [-0.4, -0.2) is 44.3 Å². The Morgan fingerprint density at radius 2 is 2.46 bits per heavy atom. The van der Waals surface area contributed by atoms with E-state index in [0.717, 1.165) is 5.82 Å². The third kappa shape index (κ3) is 2.83. The molecule has 1 aromatic rings. The van der Waals surface area contributed by atoms with Gasteiger partial charge in [0.2, 0.25) is 0 Å². The van der Waals surface area contributed by atoms with Crippen LogP contribution in [0.1, 0.15) is 5.82 Å². The van der Waals surface area contributed by atoms with Crippen LogP contribution in [-0.2, 0) is 18.4 Å². The van der Waals surface area contributed by atoms with Crippen LogP contribution in [0.4, 0.5) is 0 Å². The van der Waals surface area contributed by atoms with Gasteiger partial charge < -0.3 is 5.11 Å². The second-order valence-corrected chi connectivity index (χ2v) is 2.87. The molecule has 0 aromatic carbocycles. The summed E-state index contributed by atoms with van der Waals surface area (Å²) < 4.78 is 1.62. The molecule has 0 atom stereocenters. The van der Waals surface area contributed by atoms with Gasteiger partial charge in [-0.25, -0.2) is 4.98 Å². The van der Waals surface area contributed by atoms with Gasteiger partial charge in [0.25, 0.3) is 0 Å². The molecule has 1 N–H and O–H groups in total. The average molecular weight is 184 g/mol. The Bertz CT molecular complexity index is 296. The van der Waals surface area contributed by atoms with Crippen molar-refractivity contribution in [3.63, 3.8) is 0 Å². The molecule has 1 aromatic heterocycles. The van der Waals surface area contributed by atoms with Gasteiger partial charge in [0, 0.05) is 7.05 Å². The van der Waals surface area contributed by atoms with Crippen LogP contribution in [0.2, 0.25) is 0 Å². The van der Waals surface area contributed by atoms with Gasteiger partial charge in [-0.15, -0.1) is 0 Å². The van der Waals surface area contributed by atoms with Gasteiger partial charge in [0.05, 0.1) is 13.1 Å². The molecule has 0 fully saturated rings. The Kier molecular flexibility index (Phi) is 2.97. The van der Waals surface area contributed by atoms with E-state index in [-0.39, 0.29) is 6.54 Å². The number of aliphatic carboxylic acids is 1. The Morgan fingerprint density at radius 3 is 2.92 bits per heavy atom. The van der Waals surface area contributed by atoms with Crippen molar-refractivity contribution in [1.29, 1.82) is 0 Å². The molecule has 1 heterocycles. The minimum Gasteiger partial charge on any atom is -0.480 e. The van der Waals surface area contributed by atoms with Gasteiger partial charge >= 0.3 is 5.97 Å². The van der Waals surface area contributed by atoms with Gasteiger partial charge in [0.1, 0.15) is 12.2 Å². The molecule has 0 radical (unpaired) electrons. The number of hydrogen-bond acceptors (Lipinski definition) is 4. The summed E-state index contributed by atoms with van der Waals surface area (Å²) in [6.07, 6.45) is 1.45. The van der Waals surface area contributed by atoms with Crippen molar-refractivity contribution in [1.82, 2.24) is 19.7 Å². The maximum absolute atomic E-state index is 10.3. The molecule has 1 rings (SSSR count). The van der Waals surface area contributed by atoms with Crippen molar-refractivity contribution >= 4 is 5.97 Å². The highest BCUT2D eigenvalue weighted by Gasteiger charge is 2.07. The van der Waals surface area contributed by atoms with Crippen LogP contribution in [0, 0.1) is 0 Å². The third-order valence-corrected chi connectivity index (χ3v) is 1.62. The van der Waals surface area contributed by atoms with Crippen molar-refractivity contribution in [2.45, 2.75) is 6.54 Å². The standard InChI is InChI=1S/C7H12N4O2/c1-10(4-7(12)13)3-6-8-5-9-11(6)2/h5H,3-4H2,1-2H3,(H,12,13). The second kappa shape index (κ2) is 3.99. The van der Waals surface area contributed by atoms with E-state index in [0.29, 0.717) is 6.54 Å². The van der Waals surface area contributed by atoms with E-state index in [1.807, 2.05) is 0 Å². The minimum absolute atomic E-state index is 0.00681. The predicted octanol–water partition coefficient (Wildman–Crippen LogP) is -0.669. The minimum atomic E-state index is -0.843. The Hall–Kier alpha value is -1.43. The summed E-state index contributed by atoms with van der Waals surface area (Å²) in [5.41, 5.74) is 0. The topological polar surface area (TPSA) is 71.2 Å². The molecule has 0 saturated carbocycles. The van der Waals surface area contributed by atoms with E-state index in [1.54, 1.807) is 23.7 Å². The smallest absolute Gasteiger partial charge is 0.317 e.